The van der Waals surface area contributed by atoms with Crippen LogP contribution in [-0.4, -0.2) is 78.6 Å². The van der Waals surface area contributed by atoms with Crippen LogP contribution in [0.2, 0.25) is 0 Å². The molecule has 4 heteroatoms. The van der Waals surface area contributed by atoms with Crippen molar-refractivity contribution in [2.75, 3.05) is 0 Å². The maximum absolute atomic E-state index is 0. The molecule has 0 aromatic heterocycles. The molecule has 0 nitrogen and oxygen atoms in total. The summed E-state index contributed by atoms with van der Waals surface area (Å²) >= 11 is 0. The molecule has 0 aromatic rings. The Labute approximate surface area is 114 Å². The van der Waals surface area contributed by atoms with Gasteiger partial charge in [0.2, 0.25) is 0 Å². The molecule has 0 saturated heterocycles. The van der Waals surface area contributed by atoms with Gasteiger partial charge in [0.15, 0.2) is 0 Å². The molecule has 0 bridgehead atoms. The fourth-order valence-corrected chi connectivity index (χ4v) is 0. The molecule has 0 aliphatic rings. The van der Waals surface area contributed by atoms with Gasteiger partial charge in [-0.2, -0.15) is 0 Å². The zero-order chi connectivity index (χ0) is 0. The third-order valence-electron chi connectivity index (χ3n) is 0. The minimum atomic E-state index is 0. The van der Waals surface area contributed by atoms with Gasteiger partial charge in [-0.05, 0) is 0 Å². The van der Waals surface area contributed by atoms with Gasteiger partial charge in [-0.15, -0.1) is 0 Å². The Bertz CT molecular complexity index is 3.25. The molecule has 0 fully saturated rings. The van der Waals surface area contributed by atoms with Crippen LogP contribution in [0.5, 0.6) is 0 Å². The predicted molar refractivity (Wildman–Crippen MR) is 17.3 cm³/mol. The zero-order valence-corrected chi connectivity index (χ0v) is 14.2. The van der Waals surface area contributed by atoms with Crippen molar-refractivity contribution in [3.8, 4) is 0 Å². The minimum absolute atomic E-state index is 0. The molecule has 0 aromatic carbocycles. The van der Waals surface area contributed by atoms with E-state index in [1.54, 1.807) is 0 Å². The second-order valence-corrected chi connectivity index (χ2v) is 0. The molecule has 0 amide bonds. The average Bonchev–Trinajstić information content (AvgIpc) is 0. The van der Waals surface area contributed by atoms with E-state index in [0.717, 1.165) is 0 Å². The number of hydrogen-bond donors (Lipinski definition) is 0. The zero-order valence-electron chi connectivity index (χ0n) is 1.67. The van der Waals surface area contributed by atoms with Gasteiger partial charge < -0.3 is 0 Å². The second kappa shape index (κ2) is 15.8. The summed E-state index contributed by atoms with van der Waals surface area (Å²) in [6.45, 7) is 0. The summed E-state index contributed by atoms with van der Waals surface area (Å²) in [5.41, 5.74) is 0. The third kappa shape index (κ3) is 9.33. The van der Waals surface area contributed by atoms with Crippen molar-refractivity contribution in [3.63, 3.8) is 0 Å². The van der Waals surface area contributed by atoms with E-state index in [9.17, 15) is 0 Å². The average molecular weight is 786 g/mol. The molecule has 0 heterocycles. The molecule has 4 heavy (non-hydrogen) atoms. The molecular formula is Bi3Tb+3. The van der Waals surface area contributed by atoms with Crippen molar-refractivity contribution in [1.29, 1.82) is 0 Å². The first-order valence-electron chi connectivity index (χ1n) is 0. The fourth-order valence-electron chi connectivity index (χ4n) is 0. The summed E-state index contributed by atoms with van der Waals surface area (Å²) in [6.07, 6.45) is 0. The predicted octanol–water partition coefficient (Wildman–Crippen LogP) is -1.14. The normalized spacial score (nSPS) is 0. The van der Waals surface area contributed by atoms with Gasteiger partial charge in [-0.3, -0.25) is 0 Å². The van der Waals surface area contributed by atoms with Crippen LogP contribution in [0.15, 0.2) is 0 Å². The van der Waals surface area contributed by atoms with E-state index in [1.165, 1.54) is 0 Å². The summed E-state index contributed by atoms with van der Waals surface area (Å²) in [4.78, 5) is 0. The van der Waals surface area contributed by atoms with Gasteiger partial charge in [0.05, 0.1) is 0 Å². The van der Waals surface area contributed by atoms with Crippen LogP contribution in [0.3, 0.4) is 0 Å². The largest absolute Gasteiger partial charge is 3.00 e. The first-order valence-corrected chi connectivity index (χ1v) is 0. The molecular weight excluding hydrogens is 786 g/mol. The molecule has 0 unspecified atom stereocenters. The van der Waals surface area contributed by atoms with E-state index in [-0.39, 0.29) is 117 Å². The van der Waals surface area contributed by atoms with E-state index >= 15 is 0 Å². The molecule has 0 aliphatic heterocycles. The monoisotopic (exact) mass is 786 g/mol. The van der Waals surface area contributed by atoms with Crippen LogP contribution in [0.4, 0.5) is 0 Å². The Balaban J connectivity index is 0. The van der Waals surface area contributed by atoms with Crippen LogP contribution >= 0.6 is 0 Å². The van der Waals surface area contributed by atoms with E-state index in [4.69, 9.17) is 0 Å². The number of hydrogen-bond acceptors (Lipinski definition) is 0. The van der Waals surface area contributed by atoms with Gasteiger partial charge in [-0.25, -0.2) is 0 Å². The fraction of sp³-hybridized carbons (Fsp3) is 0. The van der Waals surface area contributed by atoms with Crippen LogP contribution in [-0.2, 0) is 0 Å². The Morgan fingerprint density at radius 1 is 0.500 bits per heavy atom. The van der Waals surface area contributed by atoms with Gasteiger partial charge >= 0.3 is 38.6 Å². The van der Waals surface area contributed by atoms with Crippen molar-refractivity contribution >= 4 is 78.6 Å². The Morgan fingerprint density at radius 2 is 0.500 bits per heavy atom. The van der Waals surface area contributed by atoms with E-state index in [0.29, 0.717) is 0 Å². The Hall–Kier alpha value is 3.94. The quantitative estimate of drug-likeness (QED) is 0.273. The SMILES string of the molecule is [Bi].[Bi].[Bi].[Tb+3]. The van der Waals surface area contributed by atoms with Gasteiger partial charge in [0.25, 0.3) is 0 Å². The smallest absolute Gasteiger partial charge is 0 e. The first kappa shape index (κ1) is 24.6. The van der Waals surface area contributed by atoms with Crippen molar-refractivity contribution in [1.82, 2.24) is 0 Å². The topological polar surface area (TPSA) is 0 Å². The second-order valence-electron chi connectivity index (χ2n) is 0. The van der Waals surface area contributed by atoms with E-state index in [2.05, 4.69) is 0 Å². The maximum Gasteiger partial charge on any atom is 3.00 e. The van der Waals surface area contributed by atoms with E-state index < -0.39 is 0 Å². The summed E-state index contributed by atoms with van der Waals surface area (Å²) in [5, 5.41) is 0. The molecule has 0 aliphatic carbocycles. The molecule has 0 atom stereocenters. The van der Waals surface area contributed by atoms with Crippen LogP contribution in [0.1, 0.15) is 0 Å². The summed E-state index contributed by atoms with van der Waals surface area (Å²) in [7, 11) is 0. The molecule has 0 saturated carbocycles. The third-order valence-corrected chi connectivity index (χ3v) is 0. The Morgan fingerprint density at radius 3 is 0.500 bits per heavy atom. The van der Waals surface area contributed by atoms with Crippen LogP contribution < -0.4 is 0 Å². The van der Waals surface area contributed by atoms with E-state index in [1.807, 2.05) is 0 Å². The summed E-state index contributed by atoms with van der Waals surface area (Å²) < 4.78 is 0. The van der Waals surface area contributed by atoms with Crippen molar-refractivity contribution in [2.45, 2.75) is 0 Å². The molecule has 0 spiro atoms. The van der Waals surface area contributed by atoms with Gasteiger partial charge in [-0.1, -0.05) is 0 Å². The first-order chi connectivity index (χ1) is 0. The van der Waals surface area contributed by atoms with Gasteiger partial charge in [0.1, 0.15) is 0 Å². The minimum Gasteiger partial charge on any atom is 0 e. The summed E-state index contributed by atoms with van der Waals surface area (Å²) in [6, 6.07) is 0. The summed E-state index contributed by atoms with van der Waals surface area (Å²) in [5.74, 6) is 0. The standard InChI is InChI=1S/3Bi.Tb/q;;;+3. The van der Waals surface area contributed by atoms with Gasteiger partial charge in [0, 0.05) is 78.6 Å². The number of rotatable bonds is 0. The van der Waals surface area contributed by atoms with Crippen molar-refractivity contribution in [2.24, 2.45) is 0 Å². The van der Waals surface area contributed by atoms with Crippen LogP contribution in [0, 0.1) is 38.6 Å². The molecule has 9 radical (unpaired) electrons. The van der Waals surface area contributed by atoms with Crippen LogP contribution in [0.25, 0.3) is 0 Å². The van der Waals surface area contributed by atoms with Crippen molar-refractivity contribution < 1.29 is 38.6 Å². The maximum atomic E-state index is 0. The Kier molecular flexibility index (Phi) is 97.2. The molecule has 0 N–H and O–H groups in total. The van der Waals surface area contributed by atoms with Crippen molar-refractivity contribution in [3.05, 3.63) is 0 Å². The molecule has 0 rings (SSSR count). The molecule has 21 valence electrons.